The normalized spacial score (nSPS) is 15.0. The number of primary amides is 1. The molecule has 1 aromatic carbocycles. The summed E-state index contributed by atoms with van der Waals surface area (Å²) in [5, 5.41) is 9.32. The lowest BCUT2D eigenvalue weighted by molar-refractivity contribution is -0.122. The Morgan fingerprint density at radius 2 is 2.16 bits per heavy atom. The summed E-state index contributed by atoms with van der Waals surface area (Å²) in [6, 6.07) is 9.73. The van der Waals surface area contributed by atoms with E-state index in [9.17, 15) is 10.1 Å². The van der Waals surface area contributed by atoms with Crippen molar-refractivity contribution >= 4 is 11.8 Å². The van der Waals surface area contributed by atoms with Crippen molar-refractivity contribution in [2.75, 3.05) is 18.0 Å². The fourth-order valence-corrected chi connectivity index (χ4v) is 2.93. The zero-order valence-corrected chi connectivity index (χ0v) is 14.1. The summed E-state index contributed by atoms with van der Waals surface area (Å²) in [4.78, 5) is 17.4. The molecule has 130 valence electrons. The fourth-order valence-electron chi connectivity index (χ4n) is 2.93. The Morgan fingerprint density at radius 1 is 1.44 bits per heavy atom. The summed E-state index contributed by atoms with van der Waals surface area (Å²) in [6.45, 7) is 3.32. The van der Waals surface area contributed by atoms with Crippen molar-refractivity contribution in [3.8, 4) is 11.8 Å². The number of nitriles is 1. The predicted molar refractivity (Wildman–Crippen MR) is 90.9 cm³/mol. The van der Waals surface area contributed by atoms with Gasteiger partial charge in [-0.15, -0.1) is 0 Å². The van der Waals surface area contributed by atoms with E-state index in [-0.39, 0.29) is 24.1 Å². The van der Waals surface area contributed by atoms with E-state index in [4.69, 9.17) is 14.9 Å². The van der Waals surface area contributed by atoms with Crippen molar-refractivity contribution in [3.63, 3.8) is 0 Å². The molecule has 2 N–H and O–H groups in total. The van der Waals surface area contributed by atoms with Crippen LogP contribution in [0.4, 0.5) is 5.88 Å². The maximum Gasteiger partial charge on any atom is 0.236 e. The number of carbonyl (C=O) groups excluding carboxylic acids is 1. The van der Waals surface area contributed by atoms with Gasteiger partial charge in [0.05, 0.1) is 0 Å². The van der Waals surface area contributed by atoms with E-state index in [0.29, 0.717) is 37.7 Å². The molecule has 1 aromatic heterocycles. The van der Waals surface area contributed by atoms with Crippen LogP contribution in [0.3, 0.4) is 0 Å². The summed E-state index contributed by atoms with van der Waals surface area (Å²) in [5.41, 5.74) is 6.61. The number of para-hydroxylation sites is 1. The molecular weight excluding hydrogens is 320 g/mol. The van der Waals surface area contributed by atoms with Crippen LogP contribution in [-0.4, -0.2) is 24.0 Å². The highest BCUT2D eigenvalue weighted by Crippen LogP contribution is 2.28. The molecule has 0 bridgehead atoms. The van der Waals surface area contributed by atoms with E-state index < -0.39 is 0 Å². The second kappa shape index (κ2) is 7.26. The number of oxazole rings is 1. The zero-order chi connectivity index (χ0) is 17.8. The van der Waals surface area contributed by atoms with Crippen molar-refractivity contribution in [2.24, 2.45) is 11.7 Å². The number of carbonyl (C=O) groups is 1. The van der Waals surface area contributed by atoms with Crippen molar-refractivity contribution in [1.29, 1.82) is 5.26 Å². The summed E-state index contributed by atoms with van der Waals surface area (Å²) in [5.74, 6) is 1.15. The molecule has 1 aliphatic rings. The number of piperidine rings is 1. The molecule has 1 aliphatic heterocycles. The van der Waals surface area contributed by atoms with Crippen molar-refractivity contribution < 1.29 is 13.9 Å². The van der Waals surface area contributed by atoms with E-state index in [1.807, 2.05) is 36.1 Å². The quantitative estimate of drug-likeness (QED) is 0.894. The van der Waals surface area contributed by atoms with Crippen LogP contribution in [0.2, 0.25) is 0 Å². The van der Waals surface area contributed by atoms with Crippen LogP contribution in [0.5, 0.6) is 5.75 Å². The minimum Gasteiger partial charge on any atom is -0.484 e. The van der Waals surface area contributed by atoms with Gasteiger partial charge in [-0.25, -0.2) is 0 Å². The number of ether oxygens (including phenoxy) is 1. The number of anilines is 1. The van der Waals surface area contributed by atoms with Gasteiger partial charge in [-0.3, -0.25) is 4.79 Å². The average Bonchev–Trinajstić information content (AvgIpc) is 3.04. The van der Waals surface area contributed by atoms with Crippen LogP contribution in [0.25, 0.3) is 0 Å². The lowest BCUT2D eigenvalue weighted by atomic mass is 9.96. The van der Waals surface area contributed by atoms with Crippen LogP contribution < -0.4 is 15.4 Å². The standard InChI is InChI=1S/C18H20N4O3/c1-12-4-2-3-5-15(12)24-11-16-21-14(10-19)18(25-16)22-8-6-13(7-9-22)17(20)23/h2-5,13H,6-9,11H2,1H3,(H2,20,23). The van der Waals surface area contributed by atoms with Crippen molar-refractivity contribution in [2.45, 2.75) is 26.4 Å². The van der Waals surface area contributed by atoms with Crippen LogP contribution in [0, 0.1) is 24.2 Å². The van der Waals surface area contributed by atoms with Gasteiger partial charge in [0.2, 0.25) is 23.4 Å². The Hall–Kier alpha value is -3.01. The SMILES string of the molecule is Cc1ccccc1OCc1nc(C#N)c(N2CCC(C(N)=O)CC2)o1. The smallest absolute Gasteiger partial charge is 0.236 e. The van der Waals surface area contributed by atoms with Gasteiger partial charge in [0.1, 0.15) is 11.8 Å². The molecule has 0 unspecified atom stereocenters. The van der Waals surface area contributed by atoms with Crippen molar-refractivity contribution in [3.05, 3.63) is 41.4 Å². The molecule has 0 saturated carbocycles. The summed E-state index contributed by atoms with van der Waals surface area (Å²) in [6.07, 6.45) is 1.30. The summed E-state index contributed by atoms with van der Waals surface area (Å²) >= 11 is 0. The fraction of sp³-hybridized carbons (Fsp3) is 0.389. The topological polar surface area (TPSA) is 105 Å². The number of hydrogen-bond donors (Lipinski definition) is 1. The Balaban J connectivity index is 1.69. The van der Waals surface area contributed by atoms with Crippen molar-refractivity contribution in [1.82, 2.24) is 4.98 Å². The van der Waals surface area contributed by atoms with Gasteiger partial charge in [-0.2, -0.15) is 10.2 Å². The average molecular weight is 340 g/mol. The monoisotopic (exact) mass is 340 g/mol. The molecule has 1 saturated heterocycles. The van der Waals surface area contributed by atoms with Gasteiger partial charge in [0.25, 0.3) is 0 Å². The van der Waals surface area contributed by atoms with E-state index in [2.05, 4.69) is 11.1 Å². The minimum absolute atomic E-state index is 0.117. The Morgan fingerprint density at radius 3 is 2.80 bits per heavy atom. The molecule has 0 spiro atoms. The number of aromatic nitrogens is 1. The third-order valence-corrected chi connectivity index (χ3v) is 4.39. The van der Waals surface area contributed by atoms with E-state index >= 15 is 0 Å². The lowest BCUT2D eigenvalue weighted by Gasteiger charge is -2.30. The Labute approximate surface area is 146 Å². The maximum absolute atomic E-state index is 11.3. The number of amides is 1. The van der Waals surface area contributed by atoms with E-state index in [0.717, 1.165) is 11.3 Å². The largest absolute Gasteiger partial charge is 0.484 e. The summed E-state index contributed by atoms with van der Waals surface area (Å²) < 4.78 is 11.5. The number of nitrogens with two attached hydrogens (primary N) is 1. The van der Waals surface area contributed by atoms with Gasteiger partial charge in [-0.05, 0) is 31.4 Å². The maximum atomic E-state index is 11.3. The molecular formula is C18H20N4O3. The molecule has 25 heavy (non-hydrogen) atoms. The first kappa shape index (κ1) is 16.8. The molecule has 7 heteroatoms. The van der Waals surface area contributed by atoms with Crippen LogP contribution in [0.15, 0.2) is 28.7 Å². The molecule has 1 amide bonds. The van der Waals surface area contributed by atoms with Crippen LogP contribution in [-0.2, 0) is 11.4 Å². The highest BCUT2D eigenvalue weighted by atomic mass is 16.5. The van der Waals surface area contributed by atoms with Crippen LogP contribution >= 0.6 is 0 Å². The Kier molecular flexibility index (Phi) is 4.89. The van der Waals surface area contributed by atoms with Gasteiger partial charge in [0, 0.05) is 19.0 Å². The van der Waals surface area contributed by atoms with E-state index in [1.165, 1.54) is 0 Å². The molecule has 3 rings (SSSR count). The minimum atomic E-state index is -0.273. The first-order valence-corrected chi connectivity index (χ1v) is 8.21. The molecule has 1 fully saturated rings. The zero-order valence-electron chi connectivity index (χ0n) is 14.1. The summed E-state index contributed by atoms with van der Waals surface area (Å²) in [7, 11) is 0. The molecule has 0 atom stereocenters. The highest BCUT2D eigenvalue weighted by molar-refractivity contribution is 5.77. The van der Waals surface area contributed by atoms with Gasteiger partial charge in [0.15, 0.2) is 6.61 Å². The number of hydrogen-bond acceptors (Lipinski definition) is 6. The number of nitrogens with zero attached hydrogens (tertiary/aromatic N) is 3. The van der Waals surface area contributed by atoms with Crippen LogP contribution in [0.1, 0.15) is 30.0 Å². The number of rotatable bonds is 5. The highest BCUT2D eigenvalue weighted by Gasteiger charge is 2.27. The van der Waals surface area contributed by atoms with E-state index in [1.54, 1.807) is 0 Å². The number of aryl methyl sites for hydroxylation is 1. The lowest BCUT2D eigenvalue weighted by Crippen LogP contribution is -2.38. The molecule has 2 heterocycles. The third-order valence-electron chi connectivity index (χ3n) is 4.39. The Bertz CT molecular complexity index is 801. The third kappa shape index (κ3) is 3.74. The number of benzene rings is 1. The second-order valence-electron chi connectivity index (χ2n) is 6.09. The molecule has 7 nitrogen and oxygen atoms in total. The first-order chi connectivity index (χ1) is 12.1. The molecule has 0 radical (unpaired) electrons. The first-order valence-electron chi connectivity index (χ1n) is 8.21. The molecule has 0 aliphatic carbocycles. The second-order valence-corrected chi connectivity index (χ2v) is 6.09. The van der Waals surface area contributed by atoms with Gasteiger partial charge < -0.3 is 19.8 Å². The van der Waals surface area contributed by atoms with Gasteiger partial charge >= 0.3 is 0 Å². The molecule has 2 aromatic rings. The van der Waals surface area contributed by atoms with Gasteiger partial charge in [-0.1, -0.05) is 18.2 Å². The predicted octanol–water partition coefficient (Wildman–Crippen LogP) is 2.14.